The van der Waals surface area contributed by atoms with Crippen LogP contribution in [-0.2, 0) is 11.3 Å². The minimum Gasteiger partial charge on any atom is -0.352 e. The zero-order valence-electron chi connectivity index (χ0n) is 11.3. The molecule has 0 aliphatic carbocycles. The van der Waals surface area contributed by atoms with E-state index in [0.29, 0.717) is 12.6 Å². The van der Waals surface area contributed by atoms with Crippen molar-refractivity contribution < 1.29 is 4.79 Å². The maximum atomic E-state index is 12.0. The van der Waals surface area contributed by atoms with Crippen LogP contribution in [0.4, 0.5) is 0 Å². The Balaban J connectivity index is 0.00000180. The minimum absolute atomic E-state index is 0. The molecule has 0 spiro atoms. The molecule has 114 valence electrons. The summed E-state index contributed by atoms with van der Waals surface area (Å²) in [6.45, 7) is 3.47. The van der Waals surface area contributed by atoms with Gasteiger partial charge in [0.15, 0.2) is 0 Å². The van der Waals surface area contributed by atoms with E-state index in [1.54, 1.807) is 12.3 Å². The number of rotatable bonds is 3. The van der Waals surface area contributed by atoms with E-state index in [9.17, 15) is 9.59 Å². The average molecular weight is 322 g/mol. The lowest BCUT2D eigenvalue weighted by atomic mass is 9.92. The molecule has 0 radical (unpaired) electrons. The first kappa shape index (κ1) is 19.0. The summed E-state index contributed by atoms with van der Waals surface area (Å²) in [7, 11) is 0. The van der Waals surface area contributed by atoms with Crippen LogP contribution in [0.2, 0.25) is 0 Å². The number of carbonyl (C=O) groups is 1. The van der Waals surface area contributed by atoms with Gasteiger partial charge in [-0.2, -0.15) is 0 Å². The Labute approximate surface area is 130 Å². The van der Waals surface area contributed by atoms with Crippen LogP contribution in [-0.4, -0.2) is 23.5 Å². The average Bonchev–Trinajstić information content (AvgIpc) is 2.38. The highest BCUT2D eigenvalue weighted by atomic mass is 35.5. The molecule has 2 heterocycles. The molecular weight excluding hydrogens is 301 g/mol. The molecule has 0 unspecified atom stereocenters. The second kappa shape index (κ2) is 9.00. The van der Waals surface area contributed by atoms with Gasteiger partial charge in [0.05, 0.1) is 0 Å². The molecule has 1 saturated heterocycles. The van der Waals surface area contributed by atoms with E-state index in [1.807, 2.05) is 0 Å². The third kappa shape index (κ3) is 5.53. The van der Waals surface area contributed by atoms with Gasteiger partial charge in [-0.1, -0.05) is 6.07 Å². The van der Waals surface area contributed by atoms with Gasteiger partial charge in [-0.15, -0.1) is 24.8 Å². The highest BCUT2D eigenvalue weighted by molar-refractivity contribution is 5.85. The van der Waals surface area contributed by atoms with Crippen molar-refractivity contribution in [2.45, 2.75) is 32.4 Å². The van der Waals surface area contributed by atoms with Crippen LogP contribution in [0.5, 0.6) is 0 Å². The smallest absolute Gasteiger partial charge is 0.247 e. The number of hydrogen-bond donors (Lipinski definition) is 3. The van der Waals surface area contributed by atoms with Crippen LogP contribution in [0, 0.1) is 5.92 Å². The van der Waals surface area contributed by atoms with Gasteiger partial charge >= 0.3 is 0 Å². The normalized spacial score (nSPS) is 21.2. The third-order valence-corrected chi connectivity index (χ3v) is 3.31. The number of nitrogens with one attached hydrogen (secondary N) is 3. The van der Waals surface area contributed by atoms with Crippen molar-refractivity contribution >= 4 is 30.7 Å². The molecule has 0 bridgehead atoms. The number of aromatic amines is 1. The van der Waals surface area contributed by atoms with Crippen molar-refractivity contribution in [2.75, 3.05) is 6.54 Å². The predicted molar refractivity (Wildman–Crippen MR) is 83.6 cm³/mol. The molecule has 5 nitrogen and oxygen atoms in total. The molecule has 7 heteroatoms. The molecule has 2 atom stereocenters. The van der Waals surface area contributed by atoms with Crippen LogP contribution in [0.25, 0.3) is 0 Å². The lowest BCUT2D eigenvalue weighted by Crippen LogP contribution is -2.42. The summed E-state index contributed by atoms with van der Waals surface area (Å²) in [5, 5.41) is 6.25. The molecule has 1 aliphatic heterocycles. The molecule has 1 amide bonds. The number of H-pyrrole nitrogens is 1. The topological polar surface area (TPSA) is 74.0 Å². The number of piperidine rings is 1. The minimum atomic E-state index is -0.128. The van der Waals surface area contributed by atoms with Crippen molar-refractivity contribution in [1.29, 1.82) is 0 Å². The molecule has 1 aromatic rings. The zero-order chi connectivity index (χ0) is 13.0. The van der Waals surface area contributed by atoms with Crippen LogP contribution >= 0.6 is 24.8 Å². The quantitative estimate of drug-likeness (QED) is 0.783. The second-order valence-corrected chi connectivity index (χ2v) is 4.86. The lowest BCUT2D eigenvalue weighted by Gasteiger charge is -2.27. The summed E-state index contributed by atoms with van der Waals surface area (Å²) in [6, 6.07) is 3.60. The SMILES string of the molecule is C[C@H]1C[C@@H](C(=O)NCc2ccc(=O)[nH]c2)CCN1.Cl.Cl. The van der Waals surface area contributed by atoms with Crippen molar-refractivity contribution in [2.24, 2.45) is 5.92 Å². The highest BCUT2D eigenvalue weighted by Crippen LogP contribution is 2.16. The summed E-state index contributed by atoms with van der Waals surface area (Å²) in [5.41, 5.74) is 0.780. The second-order valence-electron chi connectivity index (χ2n) is 4.86. The first-order chi connectivity index (χ1) is 8.65. The number of hydrogen-bond acceptors (Lipinski definition) is 3. The number of carbonyl (C=O) groups excluding carboxylic acids is 1. The fourth-order valence-corrected chi connectivity index (χ4v) is 2.26. The molecule has 1 fully saturated rings. The lowest BCUT2D eigenvalue weighted by molar-refractivity contribution is -0.126. The van der Waals surface area contributed by atoms with E-state index in [1.165, 1.54) is 6.07 Å². The van der Waals surface area contributed by atoms with Crippen molar-refractivity contribution in [3.63, 3.8) is 0 Å². The monoisotopic (exact) mass is 321 g/mol. The van der Waals surface area contributed by atoms with Gasteiger partial charge in [0.1, 0.15) is 0 Å². The first-order valence-electron chi connectivity index (χ1n) is 6.34. The van der Waals surface area contributed by atoms with Crippen LogP contribution in [0.15, 0.2) is 23.1 Å². The summed E-state index contributed by atoms with van der Waals surface area (Å²) < 4.78 is 0. The van der Waals surface area contributed by atoms with Crippen molar-refractivity contribution in [3.8, 4) is 0 Å². The summed E-state index contributed by atoms with van der Waals surface area (Å²) in [5.74, 6) is 0.207. The standard InChI is InChI=1S/C13H19N3O2.2ClH/c1-9-6-11(4-5-14-9)13(18)16-8-10-2-3-12(17)15-7-10;;/h2-3,7,9,11,14H,4-6,8H2,1H3,(H,15,17)(H,16,18);2*1H/t9-,11-;;/m0../s1. The molecule has 0 saturated carbocycles. The Bertz CT molecular complexity index is 458. The zero-order valence-corrected chi connectivity index (χ0v) is 13.0. The summed E-state index contributed by atoms with van der Waals surface area (Å²) in [4.78, 5) is 25.5. The molecule has 1 aliphatic rings. The van der Waals surface area contributed by atoms with E-state index in [2.05, 4.69) is 22.5 Å². The Hall–Kier alpha value is -1.04. The molecule has 2 rings (SSSR count). The van der Waals surface area contributed by atoms with Crippen LogP contribution in [0.1, 0.15) is 25.3 Å². The number of pyridine rings is 1. The molecule has 20 heavy (non-hydrogen) atoms. The largest absolute Gasteiger partial charge is 0.352 e. The van der Waals surface area contributed by atoms with E-state index >= 15 is 0 Å². The Morgan fingerprint density at radius 3 is 2.75 bits per heavy atom. The fourth-order valence-electron chi connectivity index (χ4n) is 2.26. The van der Waals surface area contributed by atoms with Gasteiger partial charge < -0.3 is 15.6 Å². The number of halogens is 2. The van der Waals surface area contributed by atoms with E-state index in [-0.39, 0.29) is 42.2 Å². The van der Waals surface area contributed by atoms with Crippen LogP contribution in [0.3, 0.4) is 0 Å². The predicted octanol–water partition coefficient (Wildman–Crippen LogP) is 1.22. The molecular formula is C13H21Cl2N3O2. The van der Waals surface area contributed by atoms with E-state index in [0.717, 1.165) is 24.9 Å². The maximum absolute atomic E-state index is 12.0. The fraction of sp³-hybridized carbons (Fsp3) is 0.538. The molecule has 1 aromatic heterocycles. The Morgan fingerprint density at radius 2 is 2.15 bits per heavy atom. The van der Waals surface area contributed by atoms with Crippen LogP contribution < -0.4 is 16.2 Å². The van der Waals surface area contributed by atoms with Gasteiger partial charge in [-0.25, -0.2) is 0 Å². The highest BCUT2D eigenvalue weighted by Gasteiger charge is 2.24. The van der Waals surface area contributed by atoms with Gasteiger partial charge in [-0.3, -0.25) is 9.59 Å². The van der Waals surface area contributed by atoms with Gasteiger partial charge in [-0.05, 0) is 31.9 Å². The summed E-state index contributed by atoms with van der Waals surface area (Å²) >= 11 is 0. The van der Waals surface area contributed by atoms with Crippen molar-refractivity contribution in [1.82, 2.24) is 15.6 Å². The Morgan fingerprint density at radius 1 is 1.40 bits per heavy atom. The summed E-state index contributed by atoms with van der Waals surface area (Å²) in [6.07, 6.45) is 3.41. The van der Waals surface area contributed by atoms with Crippen molar-refractivity contribution in [3.05, 3.63) is 34.2 Å². The maximum Gasteiger partial charge on any atom is 0.247 e. The number of aromatic nitrogens is 1. The molecule has 0 aromatic carbocycles. The van der Waals surface area contributed by atoms with E-state index < -0.39 is 0 Å². The van der Waals surface area contributed by atoms with E-state index in [4.69, 9.17) is 0 Å². The Kier molecular flexibility index (Phi) is 8.53. The molecule has 3 N–H and O–H groups in total. The number of amides is 1. The van der Waals surface area contributed by atoms with Gasteiger partial charge in [0.2, 0.25) is 11.5 Å². The van der Waals surface area contributed by atoms with Gasteiger partial charge in [0, 0.05) is 30.8 Å². The first-order valence-corrected chi connectivity index (χ1v) is 6.34. The third-order valence-electron chi connectivity index (χ3n) is 3.31. The van der Waals surface area contributed by atoms with Gasteiger partial charge in [0.25, 0.3) is 0 Å².